The SMILES string of the molecule is O=C(O)CCC(=O)n1nc(C(=O)Nc2ccc(F)cc2Cl)cc1F. The van der Waals surface area contributed by atoms with Gasteiger partial charge >= 0.3 is 5.97 Å². The molecule has 10 heteroatoms. The lowest BCUT2D eigenvalue weighted by atomic mass is 10.3. The van der Waals surface area contributed by atoms with Crippen molar-refractivity contribution in [3.8, 4) is 0 Å². The van der Waals surface area contributed by atoms with E-state index in [0.717, 1.165) is 12.1 Å². The van der Waals surface area contributed by atoms with Crippen molar-refractivity contribution in [2.45, 2.75) is 12.8 Å². The molecule has 2 rings (SSSR count). The number of carbonyl (C=O) groups is 3. The lowest BCUT2D eigenvalue weighted by Gasteiger charge is -2.05. The summed E-state index contributed by atoms with van der Waals surface area (Å²) in [6.07, 6.45) is -0.969. The summed E-state index contributed by atoms with van der Waals surface area (Å²) in [5.74, 6) is -4.71. The van der Waals surface area contributed by atoms with E-state index in [1.54, 1.807) is 0 Å². The van der Waals surface area contributed by atoms with E-state index in [-0.39, 0.29) is 10.7 Å². The molecule has 0 saturated heterocycles. The van der Waals surface area contributed by atoms with Crippen LogP contribution in [0.5, 0.6) is 0 Å². The molecule has 0 saturated carbocycles. The van der Waals surface area contributed by atoms with Gasteiger partial charge in [-0.1, -0.05) is 11.6 Å². The van der Waals surface area contributed by atoms with E-state index < -0.39 is 48.1 Å². The second-order valence-electron chi connectivity index (χ2n) is 4.63. The molecule has 0 unspecified atom stereocenters. The van der Waals surface area contributed by atoms with Crippen molar-refractivity contribution < 1.29 is 28.3 Å². The molecule has 1 aromatic heterocycles. The van der Waals surface area contributed by atoms with Crippen LogP contribution in [0.3, 0.4) is 0 Å². The summed E-state index contributed by atoms with van der Waals surface area (Å²) in [5, 5.41) is 14.2. The summed E-state index contributed by atoms with van der Waals surface area (Å²) in [4.78, 5) is 34.1. The number of carboxylic acids is 1. The normalized spacial score (nSPS) is 10.5. The molecule has 126 valence electrons. The van der Waals surface area contributed by atoms with Crippen LogP contribution in [0.1, 0.15) is 28.1 Å². The van der Waals surface area contributed by atoms with Gasteiger partial charge in [0.15, 0.2) is 5.69 Å². The van der Waals surface area contributed by atoms with Gasteiger partial charge in [0.25, 0.3) is 5.91 Å². The summed E-state index contributed by atoms with van der Waals surface area (Å²) in [6, 6.07) is 3.97. The molecule has 2 N–H and O–H groups in total. The Labute approximate surface area is 138 Å². The fourth-order valence-electron chi connectivity index (χ4n) is 1.74. The zero-order chi connectivity index (χ0) is 17.9. The van der Waals surface area contributed by atoms with Gasteiger partial charge in [-0.3, -0.25) is 14.4 Å². The van der Waals surface area contributed by atoms with Gasteiger partial charge in [0, 0.05) is 12.5 Å². The van der Waals surface area contributed by atoms with Gasteiger partial charge in [0.2, 0.25) is 11.9 Å². The van der Waals surface area contributed by atoms with E-state index in [4.69, 9.17) is 16.7 Å². The summed E-state index contributed by atoms with van der Waals surface area (Å²) < 4.78 is 26.9. The minimum atomic E-state index is -1.22. The highest BCUT2D eigenvalue weighted by atomic mass is 35.5. The Balaban J connectivity index is 2.14. The smallest absolute Gasteiger partial charge is 0.303 e. The molecule has 7 nitrogen and oxygen atoms in total. The largest absolute Gasteiger partial charge is 0.481 e. The molecular formula is C14H10ClF2N3O4. The zero-order valence-electron chi connectivity index (χ0n) is 11.9. The molecule has 2 aromatic rings. The van der Waals surface area contributed by atoms with Crippen molar-refractivity contribution in [3.63, 3.8) is 0 Å². The molecule has 0 aliphatic heterocycles. The van der Waals surface area contributed by atoms with Gasteiger partial charge in [-0.05, 0) is 18.2 Å². The number of halogens is 3. The average molecular weight is 358 g/mol. The van der Waals surface area contributed by atoms with Crippen molar-refractivity contribution in [1.82, 2.24) is 9.78 Å². The molecule has 0 spiro atoms. The molecule has 0 atom stereocenters. The first-order chi connectivity index (χ1) is 11.3. The number of benzene rings is 1. The predicted molar refractivity (Wildman–Crippen MR) is 79.0 cm³/mol. The first kappa shape index (κ1) is 17.5. The lowest BCUT2D eigenvalue weighted by molar-refractivity contribution is -0.137. The van der Waals surface area contributed by atoms with Gasteiger partial charge < -0.3 is 10.4 Å². The van der Waals surface area contributed by atoms with E-state index in [1.165, 1.54) is 6.07 Å². The number of nitrogens with zero attached hydrogens (tertiary/aromatic N) is 2. The van der Waals surface area contributed by atoms with E-state index in [0.29, 0.717) is 10.7 Å². The highest BCUT2D eigenvalue weighted by Gasteiger charge is 2.20. The fraction of sp³-hybridized carbons (Fsp3) is 0.143. The number of aromatic nitrogens is 2. The van der Waals surface area contributed by atoms with E-state index in [9.17, 15) is 23.2 Å². The number of amides is 1. The molecular weight excluding hydrogens is 348 g/mol. The summed E-state index contributed by atoms with van der Waals surface area (Å²) in [5.41, 5.74) is -0.341. The molecule has 1 amide bonds. The monoisotopic (exact) mass is 357 g/mol. The van der Waals surface area contributed by atoms with Gasteiger partial charge in [0.1, 0.15) is 5.82 Å². The predicted octanol–water partition coefficient (Wildman–Crippen LogP) is 2.57. The molecule has 0 fully saturated rings. The van der Waals surface area contributed by atoms with E-state index in [2.05, 4.69) is 10.4 Å². The van der Waals surface area contributed by atoms with Crippen LogP contribution in [0.15, 0.2) is 24.3 Å². The maximum Gasteiger partial charge on any atom is 0.303 e. The Bertz CT molecular complexity index is 822. The second-order valence-corrected chi connectivity index (χ2v) is 5.04. The van der Waals surface area contributed by atoms with Crippen LogP contribution in [0, 0.1) is 11.8 Å². The minimum absolute atomic E-state index is 0.0687. The van der Waals surface area contributed by atoms with Crippen LogP contribution < -0.4 is 5.32 Å². The third-order valence-corrected chi connectivity index (χ3v) is 3.18. The first-order valence-electron chi connectivity index (χ1n) is 6.55. The standard InChI is InChI=1S/C14H10ClF2N3O4/c15-8-5-7(16)1-2-9(8)18-14(24)10-6-11(17)20(19-10)12(21)3-4-13(22)23/h1-2,5-6H,3-4H2,(H,18,24)(H,22,23). The molecule has 1 heterocycles. The van der Waals surface area contributed by atoms with Crippen LogP contribution in [0.25, 0.3) is 0 Å². The van der Waals surface area contributed by atoms with Crippen LogP contribution in [-0.4, -0.2) is 32.7 Å². The van der Waals surface area contributed by atoms with Crippen molar-refractivity contribution in [2.24, 2.45) is 0 Å². The Kier molecular flexibility index (Phi) is 5.24. The first-order valence-corrected chi connectivity index (χ1v) is 6.92. The van der Waals surface area contributed by atoms with Crippen LogP contribution in [-0.2, 0) is 4.79 Å². The summed E-state index contributed by atoms with van der Waals surface area (Å²) >= 11 is 5.75. The molecule has 24 heavy (non-hydrogen) atoms. The van der Waals surface area contributed by atoms with Gasteiger partial charge in [-0.2, -0.15) is 14.2 Å². The fourth-order valence-corrected chi connectivity index (χ4v) is 1.96. The third kappa shape index (κ3) is 4.13. The van der Waals surface area contributed by atoms with Crippen molar-refractivity contribution in [2.75, 3.05) is 5.32 Å². The van der Waals surface area contributed by atoms with Crippen molar-refractivity contribution in [3.05, 3.63) is 46.7 Å². The number of hydrogen-bond donors (Lipinski definition) is 2. The average Bonchev–Trinajstić information content (AvgIpc) is 2.89. The maximum absolute atomic E-state index is 13.7. The molecule has 1 aromatic carbocycles. The number of aliphatic carboxylic acids is 1. The van der Waals surface area contributed by atoms with E-state index >= 15 is 0 Å². The third-order valence-electron chi connectivity index (χ3n) is 2.87. The molecule has 0 radical (unpaired) electrons. The van der Waals surface area contributed by atoms with Crippen molar-refractivity contribution in [1.29, 1.82) is 0 Å². The number of nitrogens with one attached hydrogen (secondary N) is 1. The lowest BCUT2D eigenvalue weighted by Crippen LogP contribution is -2.18. The molecule has 0 aliphatic rings. The quantitative estimate of drug-likeness (QED) is 0.856. The van der Waals surface area contributed by atoms with Crippen LogP contribution >= 0.6 is 11.6 Å². The highest BCUT2D eigenvalue weighted by molar-refractivity contribution is 6.33. The Morgan fingerprint density at radius 1 is 1.21 bits per heavy atom. The number of carbonyl (C=O) groups excluding carboxylic acids is 2. The van der Waals surface area contributed by atoms with Gasteiger partial charge in [-0.15, -0.1) is 0 Å². The molecule has 0 aliphatic carbocycles. The van der Waals surface area contributed by atoms with Crippen molar-refractivity contribution >= 4 is 35.1 Å². The summed E-state index contributed by atoms with van der Waals surface area (Å²) in [7, 11) is 0. The maximum atomic E-state index is 13.7. The summed E-state index contributed by atoms with van der Waals surface area (Å²) in [6.45, 7) is 0. The van der Waals surface area contributed by atoms with Crippen LogP contribution in [0.4, 0.5) is 14.5 Å². The number of hydrogen-bond acceptors (Lipinski definition) is 4. The Morgan fingerprint density at radius 3 is 2.54 bits per heavy atom. The number of anilines is 1. The van der Waals surface area contributed by atoms with Crippen LogP contribution in [0.2, 0.25) is 5.02 Å². The minimum Gasteiger partial charge on any atom is -0.481 e. The van der Waals surface area contributed by atoms with Gasteiger partial charge in [-0.25, -0.2) is 4.39 Å². The number of rotatable bonds is 5. The van der Waals surface area contributed by atoms with Gasteiger partial charge in [0.05, 0.1) is 17.1 Å². The topological polar surface area (TPSA) is 101 Å². The molecule has 0 bridgehead atoms. The zero-order valence-corrected chi connectivity index (χ0v) is 12.7. The number of carboxylic acid groups (broad SMARTS) is 1. The van der Waals surface area contributed by atoms with E-state index in [1.807, 2.05) is 0 Å². The second kappa shape index (κ2) is 7.18. The Morgan fingerprint density at radius 2 is 1.92 bits per heavy atom. The highest BCUT2D eigenvalue weighted by Crippen LogP contribution is 2.23. The Hall–Kier alpha value is -2.81.